The molecule has 40 heavy (non-hydrogen) atoms. The van der Waals surface area contributed by atoms with E-state index >= 15 is 0 Å². The normalized spacial score (nSPS) is 20.6. The highest BCUT2D eigenvalue weighted by molar-refractivity contribution is 6.07. The lowest BCUT2D eigenvalue weighted by Crippen LogP contribution is -2.56. The van der Waals surface area contributed by atoms with Crippen LogP contribution >= 0.6 is 0 Å². The summed E-state index contributed by atoms with van der Waals surface area (Å²) in [5.74, 6) is -1.63. The number of benzene rings is 1. The van der Waals surface area contributed by atoms with Crippen molar-refractivity contribution in [2.24, 2.45) is 5.92 Å². The minimum Gasteiger partial charge on any atom is -0.340 e. The molecular weight excluding hydrogens is 525 g/mol. The minimum atomic E-state index is -4.62. The van der Waals surface area contributed by atoms with Gasteiger partial charge in [-0.15, -0.1) is 0 Å². The summed E-state index contributed by atoms with van der Waals surface area (Å²) in [7, 11) is 0. The number of hydrogen-bond donors (Lipinski definition) is 1. The second kappa shape index (κ2) is 10.6. The van der Waals surface area contributed by atoms with Crippen LogP contribution in [-0.2, 0) is 17.5 Å². The van der Waals surface area contributed by atoms with Crippen LogP contribution in [0.5, 0.6) is 0 Å². The van der Waals surface area contributed by atoms with Crippen LogP contribution < -0.4 is 10.2 Å². The Morgan fingerprint density at radius 1 is 1.20 bits per heavy atom. The van der Waals surface area contributed by atoms with Gasteiger partial charge in [-0.2, -0.15) is 23.5 Å². The molecule has 0 spiro atoms. The number of carbonyl (C=O) groups excluding carboxylic acids is 3. The lowest BCUT2D eigenvalue weighted by molar-refractivity contribution is -0.137. The molecule has 2 aromatic rings. The number of amides is 3. The zero-order chi connectivity index (χ0) is 28.8. The first-order chi connectivity index (χ1) is 19.1. The van der Waals surface area contributed by atoms with E-state index in [2.05, 4.69) is 16.5 Å². The number of alkyl halides is 3. The van der Waals surface area contributed by atoms with Crippen LogP contribution in [0.15, 0.2) is 24.3 Å². The van der Waals surface area contributed by atoms with E-state index in [-0.39, 0.29) is 48.1 Å². The van der Waals surface area contributed by atoms with Crippen LogP contribution in [0.25, 0.3) is 0 Å². The summed E-state index contributed by atoms with van der Waals surface area (Å²) in [5, 5.41) is 16.8. The number of rotatable bonds is 9. The van der Waals surface area contributed by atoms with Crippen LogP contribution in [0.1, 0.15) is 83.8 Å². The molecule has 2 heterocycles. The molecule has 5 rings (SSSR count). The molecule has 2 fully saturated rings. The first-order valence-electron chi connectivity index (χ1n) is 13.7. The van der Waals surface area contributed by atoms with E-state index in [0.29, 0.717) is 24.3 Å². The van der Waals surface area contributed by atoms with Gasteiger partial charge in [-0.25, -0.2) is 4.68 Å². The van der Waals surface area contributed by atoms with Gasteiger partial charge in [0.05, 0.1) is 11.6 Å². The highest BCUT2D eigenvalue weighted by Gasteiger charge is 2.52. The van der Waals surface area contributed by atoms with Gasteiger partial charge < -0.3 is 10.2 Å². The number of fused-ring (bicyclic) bond motifs is 1. The van der Waals surface area contributed by atoms with Gasteiger partial charge in [-0.1, -0.05) is 13.0 Å². The summed E-state index contributed by atoms with van der Waals surface area (Å²) in [4.78, 5) is 44.0. The first kappa shape index (κ1) is 27.7. The maximum absolute atomic E-state index is 13.9. The van der Waals surface area contributed by atoms with Gasteiger partial charge in [0.2, 0.25) is 0 Å². The Hall–Kier alpha value is -3.88. The maximum atomic E-state index is 13.9. The quantitative estimate of drug-likeness (QED) is 0.468. The van der Waals surface area contributed by atoms with Gasteiger partial charge >= 0.3 is 6.18 Å². The standard InChI is InChI=1S/C28H31F3N6O3/c1-3-13-37-25-21(23(34-37)27(40)36(14-12-32)19-10-11-19)20(16-8-9-16)22(26(39)35(25)4-2)33-24(38)17-6-5-7-18(15-17)28(29,30)31/h5-7,15-16,19-20,22H,3-4,8-11,13-14H2,1-2H3,(H,33,38)/t20-,22-/m1/s1. The predicted octanol–water partition coefficient (Wildman–Crippen LogP) is 4.10. The molecule has 1 aromatic carbocycles. The molecule has 0 bridgehead atoms. The Morgan fingerprint density at radius 2 is 1.93 bits per heavy atom. The number of nitrogens with zero attached hydrogens (tertiary/aromatic N) is 5. The summed E-state index contributed by atoms with van der Waals surface area (Å²) in [6, 6.07) is 5.02. The molecule has 0 saturated heterocycles. The Bertz CT molecular complexity index is 1370. The summed E-state index contributed by atoms with van der Waals surface area (Å²) in [6.45, 7) is 4.35. The van der Waals surface area contributed by atoms with Crippen molar-refractivity contribution >= 4 is 23.5 Å². The SMILES string of the molecule is CCCn1nc(C(=O)N(CC#N)C2CC2)c2c1N(CC)C(=O)[C@H](NC(=O)c1cccc(C(F)(F)F)c1)[C@@H]2C1CC1. The van der Waals surface area contributed by atoms with Gasteiger partial charge in [0.15, 0.2) is 5.69 Å². The second-order valence-electron chi connectivity index (χ2n) is 10.6. The van der Waals surface area contributed by atoms with E-state index < -0.39 is 29.6 Å². The number of anilines is 1. The third-order valence-corrected chi connectivity index (χ3v) is 7.75. The molecule has 1 aromatic heterocycles. The number of nitriles is 1. The van der Waals surface area contributed by atoms with Crippen molar-refractivity contribution in [1.82, 2.24) is 20.0 Å². The van der Waals surface area contributed by atoms with E-state index in [0.717, 1.165) is 43.9 Å². The van der Waals surface area contributed by atoms with E-state index in [1.165, 1.54) is 15.9 Å². The van der Waals surface area contributed by atoms with E-state index in [4.69, 9.17) is 0 Å². The number of hydrogen-bond acceptors (Lipinski definition) is 5. The van der Waals surface area contributed by atoms with Gasteiger partial charge in [-0.05, 0) is 63.1 Å². The molecule has 212 valence electrons. The largest absolute Gasteiger partial charge is 0.416 e. The Kier molecular flexibility index (Phi) is 7.33. The third-order valence-electron chi connectivity index (χ3n) is 7.75. The van der Waals surface area contributed by atoms with Crippen LogP contribution in [-0.4, -0.2) is 57.6 Å². The summed E-state index contributed by atoms with van der Waals surface area (Å²) >= 11 is 0. The molecule has 0 radical (unpaired) electrons. The van der Waals surface area contributed by atoms with Crippen LogP contribution in [0.3, 0.4) is 0 Å². The van der Waals surface area contributed by atoms with Crippen molar-refractivity contribution in [3.8, 4) is 6.07 Å². The highest BCUT2D eigenvalue weighted by atomic mass is 19.4. The van der Waals surface area contributed by atoms with Gasteiger partial charge in [0.1, 0.15) is 18.4 Å². The van der Waals surface area contributed by atoms with E-state index in [1.807, 2.05) is 6.92 Å². The van der Waals surface area contributed by atoms with Crippen molar-refractivity contribution in [3.05, 3.63) is 46.6 Å². The number of nitrogens with one attached hydrogen (secondary N) is 1. The number of carbonyl (C=O) groups is 3. The van der Waals surface area contributed by atoms with Gasteiger partial charge in [-0.3, -0.25) is 19.3 Å². The fraction of sp³-hybridized carbons (Fsp3) is 0.536. The monoisotopic (exact) mass is 556 g/mol. The first-order valence-corrected chi connectivity index (χ1v) is 13.7. The molecular formula is C28H31F3N6O3. The predicted molar refractivity (Wildman–Crippen MR) is 138 cm³/mol. The molecule has 1 aliphatic heterocycles. The number of aromatic nitrogens is 2. The second-order valence-corrected chi connectivity index (χ2v) is 10.6. The average Bonchev–Trinajstić information content (AvgIpc) is 3.85. The van der Waals surface area contributed by atoms with Crippen molar-refractivity contribution in [1.29, 1.82) is 5.26 Å². The zero-order valence-corrected chi connectivity index (χ0v) is 22.4. The topological polar surface area (TPSA) is 111 Å². The lowest BCUT2D eigenvalue weighted by atomic mass is 9.82. The van der Waals surface area contributed by atoms with Gasteiger partial charge in [0, 0.05) is 36.2 Å². The van der Waals surface area contributed by atoms with E-state index in [9.17, 15) is 32.8 Å². The molecule has 0 unspecified atom stereocenters. The fourth-order valence-corrected chi connectivity index (χ4v) is 5.62. The number of aryl methyl sites for hydroxylation is 1. The molecule has 2 aliphatic carbocycles. The highest BCUT2D eigenvalue weighted by Crippen LogP contribution is 2.51. The van der Waals surface area contributed by atoms with E-state index in [1.54, 1.807) is 11.6 Å². The zero-order valence-electron chi connectivity index (χ0n) is 22.4. The number of likely N-dealkylation sites (N-methyl/N-ethyl adjacent to an activating group) is 1. The summed E-state index contributed by atoms with van der Waals surface area (Å²) in [6.07, 6.45) is -0.782. The van der Waals surface area contributed by atoms with Gasteiger partial charge in [0.25, 0.3) is 17.7 Å². The number of halogens is 3. The fourth-order valence-electron chi connectivity index (χ4n) is 5.62. The Balaban J connectivity index is 1.58. The van der Waals surface area contributed by atoms with Crippen molar-refractivity contribution in [3.63, 3.8) is 0 Å². The molecule has 12 heteroatoms. The van der Waals surface area contributed by atoms with Crippen LogP contribution in [0, 0.1) is 17.2 Å². The maximum Gasteiger partial charge on any atom is 0.416 e. The minimum absolute atomic E-state index is 0.00955. The molecule has 2 atom stereocenters. The Morgan fingerprint density at radius 3 is 2.50 bits per heavy atom. The summed E-state index contributed by atoms with van der Waals surface area (Å²) in [5.41, 5.74) is -0.428. The van der Waals surface area contributed by atoms with Crippen LogP contribution in [0.2, 0.25) is 0 Å². The molecule has 9 nitrogen and oxygen atoms in total. The molecule has 2 saturated carbocycles. The smallest absolute Gasteiger partial charge is 0.340 e. The van der Waals surface area contributed by atoms with Crippen LogP contribution in [0.4, 0.5) is 19.0 Å². The summed E-state index contributed by atoms with van der Waals surface area (Å²) < 4.78 is 41.6. The van der Waals surface area contributed by atoms with Crippen molar-refractivity contribution in [2.45, 2.75) is 76.7 Å². The molecule has 3 aliphatic rings. The van der Waals surface area contributed by atoms with Crippen molar-refractivity contribution in [2.75, 3.05) is 18.0 Å². The Labute approximate surface area is 229 Å². The molecule has 1 N–H and O–H groups in total. The molecule has 3 amide bonds. The lowest BCUT2D eigenvalue weighted by Gasteiger charge is -2.38. The average molecular weight is 557 g/mol. The third kappa shape index (κ3) is 5.05. The van der Waals surface area contributed by atoms with Crippen molar-refractivity contribution < 1.29 is 27.6 Å².